The Morgan fingerprint density at radius 2 is 2.00 bits per heavy atom. The molecule has 0 aliphatic carbocycles. The van der Waals surface area contributed by atoms with Crippen LogP contribution in [0.2, 0.25) is 0 Å². The fourth-order valence-electron chi connectivity index (χ4n) is 1.46. The van der Waals surface area contributed by atoms with Crippen LogP contribution in [0.4, 0.5) is 0 Å². The molecule has 1 aliphatic rings. The summed E-state index contributed by atoms with van der Waals surface area (Å²) in [6.07, 6.45) is 2.58. The molecule has 1 saturated heterocycles. The Morgan fingerprint density at radius 3 is 2.55 bits per heavy atom. The molecule has 3 nitrogen and oxygen atoms in total. The van der Waals surface area contributed by atoms with Crippen LogP contribution in [0.25, 0.3) is 0 Å². The van der Waals surface area contributed by atoms with Crippen LogP contribution in [0.5, 0.6) is 0 Å². The Labute approximate surface area is 69.1 Å². The second-order valence-electron chi connectivity index (χ2n) is 3.31. The summed E-state index contributed by atoms with van der Waals surface area (Å²) >= 11 is 0. The highest BCUT2D eigenvalue weighted by atomic mass is 15.1. The molecule has 1 heterocycles. The largest absolute Gasteiger partial charge is 0.308 e. The predicted molar refractivity (Wildman–Crippen MR) is 47.6 cm³/mol. The highest BCUT2D eigenvalue weighted by Gasteiger charge is 2.14. The molecular formula is C8H19N3. The zero-order valence-electron chi connectivity index (χ0n) is 7.56. The van der Waals surface area contributed by atoms with E-state index >= 15 is 0 Å². The third kappa shape index (κ3) is 3.18. The molecule has 1 aliphatic heterocycles. The second kappa shape index (κ2) is 4.70. The molecule has 0 amide bonds. The summed E-state index contributed by atoms with van der Waals surface area (Å²) in [4.78, 5) is 2.39. The summed E-state index contributed by atoms with van der Waals surface area (Å²) < 4.78 is 0. The Hall–Kier alpha value is -0.120. The summed E-state index contributed by atoms with van der Waals surface area (Å²) in [6, 6.07) is 0.735. The molecule has 0 aromatic carbocycles. The fraction of sp³-hybridized carbons (Fsp3) is 1.00. The molecule has 0 aromatic rings. The van der Waals surface area contributed by atoms with Crippen molar-refractivity contribution in [2.75, 3.05) is 33.9 Å². The van der Waals surface area contributed by atoms with Crippen LogP contribution < -0.4 is 10.6 Å². The lowest BCUT2D eigenvalue weighted by atomic mass is 10.1. The Kier molecular flexibility index (Phi) is 3.83. The van der Waals surface area contributed by atoms with E-state index in [1.807, 2.05) is 7.05 Å². The molecule has 2 N–H and O–H groups in total. The van der Waals surface area contributed by atoms with Gasteiger partial charge in [-0.15, -0.1) is 0 Å². The highest BCUT2D eigenvalue weighted by Crippen LogP contribution is 2.06. The van der Waals surface area contributed by atoms with E-state index in [0.717, 1.165) is 12.7 Å². The third-order valence-electron chi connectivity index (χ3n) is 2.29. The molecular weight excluding hydrogens is 138 g/mol. The minimum Gasteiger partial charge on any atom is -0.308 e. The van der Waals surface area contributed by atoms with Gasteiger partial charge in [0.15, 0.2) is 0 Å². The van der Waals surface area contributed by atoms with Crippen molar-refractivity contribution in [1.29, 1.82) is 0 Å². The highest BCUT2D eigenvalue weighted by molar-refractivity contribution is 4.74. The zero-order chi connectivity index (χ0) is 8.10. The van der Waals surface area contributed by atoms with Crippen LogP contribution in [0.3, 0.4) is 0 Å². The van der Waals surface area contributed by atoms with Gasteiger partial charge < -0.3 is 15.5 Å². The van der Waals surface area contributed by atoms with Crippen molar-refractivity contribution in [3.05, 3.63) is 0 Å². The van der Waals surface area contributed by atoms with Crippen molar-refractivity contribution < 1.29 is 0 Å². The van der Waals surface area contributed by atoms with Gasteiger partial charge in [0.1, 0.15) is 0 Å². The second-order valence-corrected chi connectivity index (χ2v) is 3.31. The molecule has 0 unspecified atom stereocenters. The van der Waals surface area contributed by atoms with E-state index in [4.69, 9.17) is 0 Å². The first kappa shape index (κ1) is 8.97. The van der Waals surface area contributed by atoms with Crippen molar-refractivity contribution in [2.45, 2.75) is 18.9 Å². The monoisotopic (exact) mass is 157 g/mol. The van der Waals surface area contributed by atoms with Gasteiger partial charge in [0, 0.05) is 12.7 Å². The summed E-state index contributed by atoms with van der Waals surface area (Å²) in [5.74, 6) is 0. The normalized spacial score (nSPS) is 22.4. The predicted octanol–water partition coefficient (Wildman–Crippen LogP) is -0.153. The molecule has 1 rings (SSSR count). The molecule has 0 atom stereocenters. The maximum absolute atomic E-state index is 3.45. The van der Waals surface area contributed by atoms with E-state index in [9.17, 15) is 0 Å². The molecule has 0 bridgehead atoms. The molecule has 66 valence electrons. The minimum atomic E-state index is 0.735. The summed E-state index contributed by atoms with van der Waals surface area (Å²) in [5.41, 5.74) is 0. The molecule has 11 heavy (non-hydrogen) atoms. The first-order valence-corrected chi connectivity index (χ1v) is 4.39. The number of hydrogen-bond donors (Lipinski definition) is 2. The molecule has 3 heteroatoms. The van der Waals surface area contributed by atoms with Crippen LogP contribution in [0, 0.1) is 0 Å². The maximum atomic E-state index is 3.45. The van der Waals surface area contributed by atoms with Gasteiger partial charge in [0.25, 0.3) is 0 Å². The van der Waals surface area contributed by atoms with Gasteiger partial charge in [-0.2, -0.15) is 0 Å². The number of nitrogens with one attached hydrogen (secondary N) is 2. The van der Waals surface area contributed by atoms with Crippen molar-refractivity contribution in [3.63, 3.8) is 0 Å². The quantitative estimate of drug-likeness (QED) is 0.558. The molecule has 0 radical (unpaired) electrons. The molecule has 0 spiro atoms. The van der Waals surface area contributed by atoms with Crippen molar-refractivity contribution in [1.82, 2.24) is 15.5 Å². The van der Waals surface area contributed by atoms with Gasteiger partial charge in [-0.3, -0.25) is 0 Å². The van der Waals surface area contributed by atoms with Gasteiger partial charge >= 0.3 is 0 Å². The lowest BCUT2D eigenvalue weighted by molar-refractivity contribution is 0.233. The summed E-state index contributed by atoms with van der Waals surface area (Å²) in [5, 5.41) is 6.56. The summed E-state index contributed by atoms with van der Waals surface area (Å²) in [6.45, 7) is 3.41. The van der Waals surface area contributed by atoms with Crippen molar-refractivity contribution >= 4 is 0 Å². The Balaban J connectivity index is 2.07. The third-order valence-corrected chi connectivity index (χ3v) is 2.29. The summed E-state index contributed by atoms with van der Waals surface area (Å²) in [7, 11) is 4.16. The van der Waals surface area contributed by atoms with Gasteiger partial charge in [-0.05, 0) is 40.0 Å². The first-order valence-electron chi connectivity index (χ1n) is 4.39. The molecule has 0 aromatic heterocycles. The standard InChI is InChI=1S/C8H19N3/c1-9-7-10-8-3-5-11(2)6-4-8/h8-10H,3-7H2,1-2H3. The van der Waals surface area contributed by atoms with Gasteiger partial charge in [-0.1, -0.05) is 0 Å². The van der Waals surface area contributed by atoms with Crippen molar-refractivity contribution in [3.8, 4) is 0 Å². The lowest BCUT2D eigenvalue weighted by Gasteiger charge is -2.29. The van der Waals surface area contributed by atoms with Crippen molar-refractivity contribution in [2.24, 2.45) is 0 Å². The maximum Gasteiger partial charge on any atom is 0.0453 e. The van der Waals surface area contributed by atoms with Crippen LogP contribution in [0.15, 0.2) is 0 Å². The van der Waals surface area contributed by atoms with Crippen LogP contribution >= 0.6 is 0 Å². The average molecular weight is 157 g/mol. The van der Waals surface area contributed by atoms with E-state index in [1.54, 1.807) is 0 Å². The van der Waals surface area contributed by atoms with Gasteiger partial charge in [-0.25, -0.2) is 0 Å². The topological polar surface area (TPSA) is 27.3 Å². The first-order chi connectivity index (χ1) is 5.33. The van der Waals surface area contributed by atoms with Gasteiger partial charge in [0.05, 0.1) is 0 Å². The molecule has 0 saturated carbocycles. The van der Waals surface area contributed by atoms with Gasteiger partial charge in [0.2, 0.25) is 0 Å². The van der Waals surface area contributed by atoms with Crippen LogP contribution in [0.1, 0.15) is 12.8 Å². The number of hydrogen-bond acceptors (Lipinski definition) is 3. The minimum absolute atomic E-state index is 0.735. The lowest BCUT2D eigenvalue weighted by Crippen LogP contribution is -2.43. The Morgan fingerprint density at radius 1 is 1.36 bits per heavy atom. The van der Waals surface area contributed by atoms with E-state index < -0.39 is 0 Å². The molecule has 1 fully saturated rings. The average Bonchev–Trinajstić information content (AvgIpc) is 2.04. The van der Waals surface area contributed by atoms with E-state index in [1.165, 1.54) is 25.9 Å². The SMILES string of the molecule is CNCNC1CCN(C)CC1. The number of piperidine rings is 1. The number of rotatable bonds is 3. The number of likely N-dealkylation sites (tertiary alicyclic amines) is 1. The van der Waals surface area contributed by atoms with E-state index in [2.05, 4.69) is 22.6 Å². The van der Waals surface area contributed by atoms with Crippen LogP contribution in [-0.2, 0) is 0 Å². The zero-order valence-corrected chi connectivity index (χ0v) is 7.56. The van der Waals surface area contributed by atoms with E-state index in [-0.39, 0.29) is 0 Å². The smallest absolute Gasteiger partial charge is 0.0453 e. The fourth-order valence-corrected chi connectivity index (χ4v) is 1.46. The van der Waals surface area contributed by atoms with E-state index in [0.29, 0.717) is 0 Å². The number of nitrogens with zero attached hydrogens (tertiary/aromatic N) is 1. The van der Waals surface area contributed by atoms with Crippen LogP contribution in [-0.4, -0.2) is 44.8 Å². The Bertz CT molecular complexity index is 94.8.